The number of rotatable bonds is 7. The third kappa shape index (κ3) is 5.18. The molecule has 0 spiro atoms. The molecule has 0 radical (unpaired) electrons. The van der Waals surface area contributed by atoms with Gasteiger partial charge in [0.2, 0.25) is 5.90 Å². The first-order valence-electron chi connectivity index (χ1n) is 14.2. The highest BCUT2D eigenvalue weighted by atomic mass is 19.4. The van der Waals surface area contributed by atoms with Crippen LogP contribution in [-0.4, -0.2) is 61.7 Å². The van der Waals surface area contributed by atoms with Crippen LogP contribution >= 0.6 is 0 Å². The van der Waals surface area contributed by atoms with Crippen LogP contribution in [0.4, 0.5) is 27.6 Å². The van der Waals surface area contributed by atoms with Crippen molar-refractivity contribution >= 4 is 11.6 Å². The molecule has 0 aromatic heterocycles. The second kappa shape index (κ2) is 10.9. The second-order valence-corrected chi connectivity index (χ2v) is 11.5. The molecular formula is C30H33F5N4O3. The van der Waals surface area contributed by atoms with Crippen LogP contribution < -0.4 is 10.2 Å². The Morgan fingerprint density at radius 1 is 1.12 bits per heavy atom. The van der Waals surface area contributed by atoms with Crippen LogP contribution in [-0.2, 0) is 22.4 Å². The van der Waals surface area contributed by atoms with Gasteiger partial charge in [-0.05, 0) is 67.2 Å². The van der Waals surface area contributed by atoms with Crippen molar-refractivity contribution in [1.82, 2.24) is 10.5 Å². The highest BCUT2D eigenvalue weighted by Gasteiger charge is 2.68. The zero-order valence-electron chi connectivity index (χ0n) is 23.3. The lowest BCUT2D eigenvalue weighted by Crippen LogP contribution is -2.43. The molecule has 1 saturated heterocycles. The highest BCUT2D eigenvalue weighted by molar-refractivity contribution is 5.90. The number of benzene rings is 2. The van der Waals surface area contributed by atoms with Crippen molar-refractivity contribution in [3.8, 4) is 11.1 Å². The van der Waals surface area contributed by atoms with Crippen molar-refractivity contribution in [3.63, 3.8) is 0 Å². The van der Waals surface area contributed by atoms with Gasteiger partial charge in [-0.25, -0.2) is 8.78 Å². The lowest BCUT2D eigenvalue weighted by atomic mass is 9.78. The van der Waals surface area contributed by atoms with Gasteiger partial charge in [-0.2, -0.15) is 13.2 Å². The monoisotopic (exact) mass is 592 g/mol. The zero-order valence-corrected chi connectivity index (χ0v) is 23.3. The summed E-state index contributed by atoms with van der Waals surface area (Å²) in [6.07, 6.45) is -2.37. The van der Waals surface area contributed by atoms with Gasteiger partial charge in [0.1, 0.15) is 18.2 Å². The number of halogens is 5. The van der Waals surface area contributed by atoms with E-state index in [2.05, 4.69) is 17.2 Å². The molecular weight excluding hydrogens is 559 g/mol. The Balaban J connectivity index is 1.21. The van der Waals surface area contributed by atoms with E-state index < -0.39 is 28.9 Å². The molecule has 0 bridgehead atoms. The van der Waals surface area contributed by atoms with Crippen LogP contribution in [0.3, 0.4) is 0 Å². The van der Waals surface area contributed by atoms with E-state index in [1.54, 1.807) is 19.1 Å². The summed E-state index contributed by atoms with van der Waals surface area (Å²) in [5.41, 5.74) is -0.707. The Hall–Kier alpha value is -3.06. The van der Waals surface area contributed by atoms with Crippen molar-refractivity contribution in [2.75, 3.05) is 44.2 Å². The van der Waals surface area contributed by atoms with E-state index in [-0.39, 0.29) is 46.9 Å². The number of fused-ring (bicyclic) bond motifs is 3. The molecule has 226 valence electrons. The van der Waals surface area contributed by atoms with Gasteiger partial charge < -0.3 is 15.0 Å². The molecule has 2 heterocycles. The van der Waals surface area contributed by atoms with Crippen LogP contribution in [0.5, 0.6) is 0 Å². The van der Waals surface area contributed by atoms with E-state index in [1.807, 2.05) is 4.90 Å². The van der Waals surface area contributed by atoms with E-state index in [4.69, 9.17) is 9.57 Å². The normalized spacial score (nSPS) is 27.0. The van der Waals surface area contributed by atoms with Crippen LogP contribution in [0.15, 0.2) is 47.0 Å². The number of dihydropyridines is 1. The fourth-order valence-corrected chi connectivity index (χ4v) is 6.81. The summed E-state index contributed by atoms with van der Waals surface area (Å²) in [6, 6.07) is 5.44. The van der Waals surface area contributed by atoms with Crippen LogP contribution in [0, 0.1) is 28.9 Å². The van der Waals surface area contributed by atoms with Gasteiger partial charge in [0.05, 0.1) is 24.8 Å². The Bertz CT molecular complexity index is 1420. The SMILES string of the molecule is CCON(O)[C@H]1[C@@H]2CC3=CC(OCc4cc(-c5ccc(N6CCNCC6)cc5F)c(C(F)(F)F)cc4F)=NCC3(C)[C@@H]21. The zero-order chi connectivity index (χ0) is 29.8. The first-order chi connectivity index (χ1) is 20.0. The summed E-state index contributed by atoms with van der Waals surface area (Å²) < 4.78 is 77.9. The summed E-state index contributed by atoms with van der Waals surface area (Å²) in [6.45, 7) is 7.01. The second-order valence-electron chi connectivity index (χ2n) is 11.5. The molecule has 2 aliphatic heterocycles. The summed E-state index contributed by atoms with van der Waals surface area (Å²) in [7, 11) is 0. The minimum absolute atomic E-state index is 0.101. The number of hydroxylamine groups is 2. The Labute approximate surface area is 240 Å². The largest absolute Gasteiger partial charge is 0.473 e. The van der Waals surface area contributed by atoms with E-state index in [0.29, 0.717) is 38.0 Å². The fourth-order valence-electron chi connectivity index (χ4n) is 6.81. The maximum atomic E-state index is 15.3. The molecule has 2 aromatic carbocycles. The lowest BCUT2D eigenvalue weighted by molar-refractivity contribution is -0.350. The molecule has 12 heteroatoms. The molecule has 2 saturated carbocycles. The standard InChI is InChI=1S/C30H33F5N4O3/c1-3-42-39(40)28-22-11-18-12-26(37-16-29(18,2)27(22)28)41-15-17-10-21(23(14-24(17)31)30(33,34)35)20-5-4-19(13-25(20)32)38-8-6-36-7-9-38/h4-5,10,12-14,22,27-28,36,40H,3,6-9,11,15-16H2,1-2H3/t22-,27+,28+,29?/m1/s1. The third-order valence-corrected chi connectivity index (χ3v) is 9.02. The quantitative estimate of drug-likeness (QED) is 0.323. The molecule has 3 fully saturated rings. The van der Waals surface area contributed by atoms with E-state index in [9.17, 15) is 22.8 Å². The van der Waals surface area contributed by atoms with Gasteiger partial charge in [0, 0.05) is 48.4 Å². The van der Waals surface area contributed by atoms with Crippen molar-refractivity contribution < 1.29 is 36.7 Å². The Morgan fingerprint density at radius 2 is 1.88 bits per heavy atom. The predicted octanol–water partition coefficient (Wildman–Crippen LogP) is 5.58. The summed E-state index contributed by atoms with van der Waals surface area (Å²) >= 11 is 0. The van der Waals surface area contributed by atoms with Gasteiger partial charge in [-0.15, -0.1) is 0 Å². The lowest BCUT2D eigenvalue weighted by Gasteiger charge is -2.32. The van der Waals surface area contributed by atoms with Crippen LogP contribution in [0.25, 0.3) is 11.1 Å². The first-order valence-corrected chi connectivity index (χ1v) is 14.2. The van der Waals surface area contributed by atoms with E-state index >= 15 is 4.39 Å². The number of hydrogen-bond acceptors (Lipinski definition) is 7. The molecule has 7 nitrogen and oxygen atoms in total. The molecule has 0 amide bonds. The van der Waals surface area contributed by atoms with Gasteiger partial charge >= 0.3 is 6.18 Å². The smallest absolute Gasteiger partial charge is 0.417 e. The van der Waals surface area contributed by atoms with Crippen molar-refractivity contribution in [2.45, 2.75) is 39.1 Å². The summed E-state index contributed by atoms with van der Waals surface area (Å²) in [5, 5.41) is 14.3. The molecule has 6 rings (SSSR count). The van der Waals surface area contributed by atoms with Crippen molar-refractivity contribution in [2.24, 2.45) is 22.2 Å². The molecule has 42 heavy (non-hydrogen) atoms. The maximum Gasteiger partial charge on any atom is 0.417 e. The summed E-state index contributed by atoms with van der Waals surface area (Å²) in [5.74, 6) is -1.26. The Morgan fingerprint density at radius 3 is 2.57 bits per heavy atom. The average Bonchev–Trinajstić information content (AvgIpc) is 3.61. The summed E-state index contributed by atoms with van der Waals surface area (Å²) in [4.78, 5) is 11.7. The molecule has 4 aliphatic rings. The van der Waals surface area contributed by atoms with Crippen LogP contribution in [0.2, 0.25) is 0 Å². The van der Waals surface area contributed by atoms with Gasteiger partial charge in [-0.1, -0.05) is 17.7 Å². The minimum atomic E-state index is -4.89. The van der Waals surface area contributed by atoms with Crippen LogP contribution in [0.1, 0.15) is 31.4 Å². The maximum absolute atomic E-state index is 15.3. The van der Waals surface area contributed by atoms with E-state index in [0.717, 1.165) is 36.4 Å². The number of piperazine rings is 1. The number of nitrogens with one attached hydrogen (secondary N) is 1. The third-order valence-electron chi connectivity index (χ3n) is 9.02. The average molecular weight is 593 g/mol. The molecule has 2 aliphatic carbocycles. The predicted molar refractivity (Wildman–Crippen MR) is 146 cm³/mol. The Kier molecular flexibility index (Phi) is 7.53. The number of nitrogens with zero attached hydrogens (tertiary/aromatic N) is 3. The number of anilines is 1. The molecule has 4 atom stereocenters. The first kappa shape index (κ1) is 29.0. The minimum Gasteiger partial charge on any atom is -0.473 e. The van der Waals surface area contributed by atoms with Gasteiger partial charge in [0.25, 0.3) is 0 Å². The van der Waals surface area contributed by atoms with Gasteiger partial charge in [-0.3, -0.25) is 15.0 Å². The number of aliphatic imine (C=N–C) groups is 1. The number of alkyl halides is 3. The number of ether oxygens (including phenoxy) is 1. The van der Waals surface area contributed by atoms with Crippen molar-refractivity contribution in [3.05, 3.63) is 64.7 Å². The topological polar surface area (TPSA) is 69.6 Å². The molecule has 1 unspecified atom stereocenters. The molecule has 2 N–H and O–H groups in total. The molecule has 2 aromatic rings. The van der Waals surface area contributed by atoms with E-state index in [1.165, 1.54) is 12.1 Å². The number of hydrogen-bond donors (Lipinski definition) is 2. The van der Waals surface area contributed by atoms with Gasteiger partial charge in [0.15, 0.2) is 0 Å². The fraction of sp³-hybridized carbons (Fsp3) is 0.500. The van der Waals surface area contributed by atoms with Crippen molar-refractivity contribution in [1.29, 1.82) is 0 Å². The highest BCUT2D eigenvalue weighted by Crippen LogP contribution is 2.66.